The molecule has 0 aliphatic carbocycles. The highest BCUT2D eigenvalue weighted by Gasteiger charge is 2.25. The lowest BCUT2D eigenvalue weighted by Gasteiger charge is -2.27. The first-order valence-corrected chi connectivity index (χ1v) is 7.79. The van der Waals surface area contributed by atoms with Crippen LogP contribution < -0.4 is 5.32 Å². The quantitative estimate of drug-likeness (QED) is 0.625. The number of rotatable bonds is 5. The number of anilines is 1. The third-order valence-electron chi connectivity index (χ3n) is 2.74. The van der Waals surface area contributed by atoms with Crippen molar-refractivity contribution in [1.29, 1.82) is 0 Å². The van der Waals surface area contributed by atoms with Crippen molar-refractivity contribution in [2.75, 3.05) is 32.5 Å². The van der Waals surface area contributed by atoms with Gasteiger partial charge in [-0.1, -0.05) is 59.1 Å². The second kappa shape index (κ2) is 8.08. The molecule has 0 bridgehead atoms. The van der Waals surface area contributed by atoms with Crippen LogP contribution in [0.5, 0.6) is 0 Å². The summed E-state index contributed by atoms with van der Waals surface area (Å²) in [5.41, 5.74) is 2.42. The summed E-state index contributed by atoms with van der Waals surface area (Å²) in [4.78, 5) is 2.18. The molecule has 0 aliphatic rings. The Morgan fingerprint density at radius 1 is 1.05 bits per heavy atom. The Kier molecular flexibility index (Phi) is 7.94. The lowest BCUT2D eigenvalue weighted by molar-refractivity contribution is 0.405. The summed E-state index contributed by atoms with van der Waals surface area (Å²) >= 11 is 10.6. The van der Waals surface area contributed by atoms with E-state index in [-0.39, 0.29) is 5.41 Å². The van der Waals surface area contributed by atoms with Crippen molar-refractivity contribution in [3.8, 4) is 0 Å². The zero-order valence-corrected chi connectivity index (χ0v) is 15.0. The molecule has 19 heavy (non-hydrogen) atoms. The van der Waals surface area contributed by atoms with Crippen molar-refractivity contribution >= 4 is 30.1 Å². The van der Waals surface area contributed by atoms with Crippen LogP contribution in [0, 0.1) is 9.02 Å². The zero-order chi connectivity index (χ0) is 15.2. The molecule has 0 spiro atoms. The molecule has 0 aliphatic heterocycles. The first-order chi connectivity index (χ1) is 8.75. The third-order valence-corrected chi connectivity index (χ3v) is 3.69. The number of nitrogens with zero attached hydrogens (tertiary/aromatic N) is 1. The van der Waals surface area contributed by atoms with E-state index in [2.05, 4.69) is 45.1 Å². The highest BCUT2D eigenvalue weighted by molar-refractivity contribution is 7.74. The Labute approximate surface area is 128 Å². The summed E-state index contributed by atoms with van der Waals surface area (Å²) in [5, 5.41) is 3.44. The zero-order valence-electron chi connectivity index (χ0n) is 13.4. The lowest BCUT2D eigenvalue weighted by Crippen LogP contribution is -2.21. The Bertz CT molecular complexity index is 449. The molecule has 0 unspecified atom stereocenters. The second-order valence-electron chi connectivity index (χ2n) is 5.74. The van der Waals surface area contributed by atoms with Crippen molar-refractivity contribution in [3.05, 3.63) is 14.6 Å². The fourth-order valence-electron chi connectivity index (χ4n) is 1.88. The van der Waals surface area contributed by atoms with Crippen LogP contribution in [0.15, 0.2) is 0 Å². The Hall–Kier alpha value is -0.320. The van der Waals surface area contributed by atoms with Gasteiger partial charge in [0, 0.05) is 12.1 Å². The van der Waals surface area contributed by atoms with Crippen molar-refractivity contribution in [2.45, 2.75) is 46.5 Å². The van der Waals surface area contributed by atoms with Gasteiger partial charge in [0.2, 0.25) is 0 Å². The van der Waals surface area contributed by atoms with Crippen LogP contribution >= 0.6 is 24.4 Å². The number of nitrogens with one attached hydrogen (secondary N) is 1. The van der Waals surface area contributed by atoms with Gasteiger partial charge in [-0.05, 0) is 32.5 Å². The molecule has 0 heterocycles. The maximum atomic E-state index is 5.33. The van der Waals surface area contributed by atoms with Gasteiger partial charge in [-0.2, -0.15) is 0 Å². The molecule has 0 aromatic heterocycles. The van der Waals surface area contributed by atoms with Crippen LogP contribution in [0.1, 0.15) is 46.6 Å². The smallest absolute Gasteiger partial charge is 0.0796 e. The molecular weight excluding hydrogens is 272 g/mol. The van der Waals surface area contributed by atoms with E-state index in [0.29, 0.717) is 0 Å². The largest absolute Gasteiger partial charge is 0.384 e. The van der Waals surface area contributed by atoms with Gasteiger partial charge >= 0.3 is 0 Å². The van der Waals surface area contributed by atoms with E-state index in [1.54, 1.807) is 0 Å². The molecular formula is C15H28N2S2. The van der Waals surface area contributed by atoms with Gasteiger partial charge in [-0.3, -0.25) is 0 Å². The van der Waals surface area contributed by atoms with Gasteiger partial charge in [0.05, 0.1) is 14.7 Å². The van der Waals surface area contributed by atoms with Crippen LogP contribution in [0.25, 0.3) is 0 Å². The summed E-state index contributed by atoms with van der Waals surface area (Å²) in [6, 6.07) is 0. The van der Waals surface area contributed by atoms with Gasteiger partial charge in [-0.15, -0.1) is 0 Å². The average Bonchev–Trinajstić information content (AvgIpc) is 2.32. The van der Waals surface area contributed by atoms with E-state index in [9.17, 15) is 0 Å². The predicted molar refractivity (Wildman–Crippen MR) is 92.2 cm³/mol. The molecule has 0 amide bonds. The maximum Gasteiger partial charge on any atom is 0.0796 e. The number of hydrogen-bond donors (Lipinski definition) is 1. The summed E-state index contributed by atoms with van der Waals surface area (Å²) in [7, 11) is 4.17. The number of hydrogen-bond acceptors (Lipinski definition) is 4. The second-order valence-corrected chi connectivity index (χ2v) is 6.56. The van der Waals surface area contributed by atoms with E-state index in [1.165, 1.54) is 5.56 Å². The molecule has 0 saturated carbocycles. The van der Waals surface area contributed by atoms with Crippen LogP contribution in [-0.4, -0.2) is 32.1 Å². The summed E-state index contributed by atoms with van der Waals surface area (Å²) in [5.74, 6) is 0. The van der Waals surface area contributed by atoms with Crippen molar-refractivity contribution in [2.24, 2.45) is 0 Å². The highest BCUT2D eigenvalue weighted by Crippen LogP contribution is 2.36. The van der Waals surface area contributed by atoms with E-state index < -0.39 is 0 Å². The minimum absolute atomic E-state index is 0.0866. The fraction of sp³-hybridized carbons (Fsp3) is 0.733. The standard InChI is InChI=1S/C13H22N2S2.C2H6/c1-13(2,3)9-10(12(17)11(9)16)14-7-6-8-15(4)5;1-2/h14H,6-8H2,1-5H3;1-2H3. The summed E-state index contributed by atoms with van der Waals surface area (Å²) < 4.78 is 1.72. The van der Waals surface area contributed by atoms with Gasteiger partial charge in [0.15, 0.2) is 0 Å². The Morgan fingerprint density at radius 2 is 1.58 bits per heavy atom. The third kappa shape index (κ3) is 5.28. The molecule has 1 rings (SSSR count). The van der Waals surface area contributed by atoms with Crippen molar-refractivity contribution in [3.63, 3.8) is 0 Å². The maximum absolute atomic E-state index is 5.33. The lowest BCUT2D eigenvalue weighted by atomic mass is 9.83. The summed E-state index contributed by atoms with van der Waals surface area (Å²) in [6.07, 6.45) is 1.11. The van der Waals surface area contributed by atoms with Gasteiger partial charge in [0.25, 0.3) is 0 Å². The van der Waals surface area contributed by atoms with Crippen LogP contribution in [0.3, 0.4) is 0 Å². The molecule has 0 atom stereocenters. The van der Waals surface area contributed by atoms with Gasteiger partial charge in [-0.25, -0.2) is 0 Å². The molecule has 0 fully saturated rings. The molecule has 0 radical (unpaired) electrons. The normalized spacial score (nSPS) is 11.4. The molecule has 2 nitrogen and oxygen atoms in total. The minimum atomic E-state index is 0.0866. The van der Waals surface area contributed by atoms with E-state index in [1.807, 2.05) is 13.8 Å². The van der Waals surface area contributed by atoms with Crippen molar-refractivity contribution in [1.82, 2.24) is 4.90 Å². The highest BCUT2D eigenvalue weighted by atomic mass is 32.1. The molecule has 1 aromatic carbocycles. The van der Waals surface area contributed by atoms with E-state index in [0.717, 1.165) is 34.2 Å². The Morgan fingerprint density at radius 3 is 2.00 bits per heavy atom. The topological polar surface area (TPSA) is 15.3 Å². The summed E-state index contributed by atoms with van der Waals surface area (Å²) in [6.45, 7) is 12.6. The Balaban J connectivity index is 0.00000154. The van der Waals surface area contributed by atoms with E-state index >= 15 is 0 Å². The van der Waals surface area contributed by atoms with Gasteiger partial charge in [0.1, 0.15) is 0 Å². The molecule has 1 aromatic rings. The molecule has 1 N–H and O–H groups in total. The predicted octanol–water partition coefficient (Wildman–Crippen LogP) is 4.71. The minimum Gasteiger partial charge on any atom is -0.384 e. The van der Waals surface area contributed by atoms with E-state index in [4.69, 9.17) is 24.4 Å². The van der Waals surface area contributed by atoms with Gasteiger partial charge < -0.3 is 10.2 Å². The van der Waals surface area contributed by atoms with Crippen LogP contribution in [0.2, 0.25) is 0 Å². The SMILES string of the molecule is CC.CN(C)CCCNc1c(C(C)(C)C)c(=S)c1=S. The first kappa shape index (κ1) is 18.7. The van der Waals surface area contributed by atoms with Crippen LogP contribution in [-0.2, 0) is 5.41 Å². The molecule has 0 saturated heterocycles. The first-order valence-electron chi connectivity index (χ1n) is 6.97. The molecule has 4 heteroatoms. The average molecular weight is 301 g/mol. The fourth-order valence-corrected chi connectivity index (χ4v) is 2.67. The van der Waals surface area contributed by atoms with Crippen molar-refractivity contribution < 1.29 is 0 Å². The van der Waals surface area contributed by atoms with Crippen LogP contribution in [0.4, 0.5) is 5.69 Å². The molecule has 110 valence electrons. The monoisotopic (exact) mass is 300 g/mol.